The minimum absolute atomic E-state index is 0.199. The highest BCUT2D eigenvalue weighted by Gasteiger charge is 2.29. The maximum Gasteiger partial charge on any atom is 0.248 e. The van der Waals surface area contributed by atoms with E-state index in [1.165, 1.54) is 19.3 Å². The molecule has 0 aromatic rings. The fraction of sp³-hybridized carbons (Fsp3) is 0.800. The molecule has 72 valence electrons. The van der Waals surface area contributed by atoms with E-state index in [9.17, 15) is 4.79 Å². The fourth-order valence-corrected chi connectivity index (χ4v) is 2.19. The molecular formula is C10H16N2O. The predicted octanol–water partition coefficient (Wildman–Crippen LogP) is 1.93. The van der Waals surface area contributed by atoms with E-state index in [0.717, 1.165) is 18.6 Å². The minimum Gasteiger partial charge on any atom is -0.273 e. The Morgan fingerprint density at radius 3 is 2.54 bits per heavy atom. The first-order valence-electron chi connectivity index (χ1n) is 5.13. The number of amides is 1. The third-order valence-electron chi connectivity index (χ3n) is 2.86. The molecule has 13 heavy (non-hydrogen) atoms. The van der Waals surface area contributed by atoms with Crippen LogP contribution in [0.4, 0.5) is 0 Å². The van der Waals surface area contributed by atoms with Crippen molar-refractivity contribution in [3.8, 4) is 0 Å². The monoisotopic (exact) mass is 180 g/mol. The second-order valence-corrected chi connectivity index (χ2v) is 4.04. The summed E-state index contributed by atoms with van der Waals surface area (Å²) in [6.07, 6.45) is 6.65. The van der Waals surface area contributed by atoms with Crippen molar-refractivity contribution in [1.82, 2.24) is 5.01 Å². The van der Waals surface area contributed by atoms with Gasteiger partial charge < -0.3 is 0 Å². The SMILES string of the molecule is CC1=NN(C2CCCCC2)C(=O)C1. The van der Waals surface area contributed by atoms with E-state index < -0.39 is 0 Å². The molecular weight excluding hydrogens is 164 g/mol. The largest absolute Gasteiger partial charge is 0.273 e. The van der Waals surface area contributed by atoms with E-state index in [2.05, 4.69) is 5.10 Å². The lowest BCUT2D eigenvalue weighted by molar-refractivity contribution is -0.131. The van der Waals surface area contributed by atoms with Gasteiger partial charge in [-0.15, -0.1) is 0 Å². The van der Waals surface area contributed by atoms with Gasteiger partial charge in [0.25, 0.3) is 0 Å². The smallest absolute Gasteiger partial charge is 0.248 e. The average Bonchev–Trinajstić information content (AvgIpc) is 2.47. The number of hydrazone groups is 1. The first kappa shape index (κ1) is 8.73. The highest BCUT2D eigenvalue weighted by atomic mass is 16.2. The highest BCUT2D eigenvalue weighted by Crippen LogP contribution is 2.25. The van der Waals surface area contributed by atoms with E-state index in [1.807, 2.05) is 6.92 Å². The van der Waals surface area contributed by atoms with E-state index in [0.29, 0.717) is 12.5 Å². The highest BCUT2D eigenvalue weighted by molar-refractivity contribution is 6.03. The standard InChI is InChI=1S/C10H16N2O/c1-8-7-10(13)12(11-8)9-5-3-2-4-6-9/h9H,2-7H2,1H3. The molecule has 1 heterocycles. The lowest BCUT2D eigenvalue weighted by atomic mass is 9.95. The molecule has 3 nitrogen and oxygen atoms in total. The van der Waals surface area contributed by atoms with Gasteiger partial charge in [-0.25, -0.2) is 5.01 Å². The first-order chi connectivity index (χ1) is 6.27. The van der Waals surface area contributed by atoms with Gasteiger partial charge in [0, 0.05) is 5.71 Å². The Kier molecular flexibility index (Phi) is 2.34. The van der Waals surface area contributed by atoms with Crippen LogP contribution in [-0.2, 0) is 4.79 Å². The van der Waals surface area contributed by atoms with Crippen LogP contribution in [0.5, 0.6) is 0 Å². The summed E-state index contributed by atoms with van der Waals surface area (Å²) < 4.78 is 0. The summed E-state index contributed by atoms with van der Waals surface area (Å²) in [7, 11) is 0. The minimum atomic E-state index is 0.199. The van der Waals surface area contributed by atoms with Crippen LogP contribution in [0.25, 0.3) is 0 Å². The van der Waals surface area contributed by atoms with Gasteiger partial charge in [0.15, 0.2) is 0 Å². The third kappa shape index (κ3) is 1.74. The van der Waals surface area contributed by atoms with Crippen LogP contribution in [0.1, 0.15) is 45.4 Å². The van der Waals surface area contributed by atoms with Gasteiger partial charge >= 0.3 is 0 Å². The Labute approximate surface area is 78.8 Å². The molecule has 0 bridgehead atoms. The summed E-state index contributed by atoms with van der Waals surface area (Å²) in [6, 6.07) is 0.402. The zero-order valence-corrected chi connectivity index (χ0v) is 8.12. The molecule has 0 aromatic heterocycles. The number of hydrogen-bond donors (Lipinski definition) is 0. The second kappa shape index (κ2) is 3.48. The van der Waals surface area contributed by atoms with E-state index in [1.54, 1.807) is 5.01 Å². The molecule has 2 rings (SSSR count). The summed E-state index contributed by atoms with van der Waals surface area (Å²) in [6.45, 7) is 1.93. The van der Waals surface area contributed by atoms with Crippen LogP contribution in [0.2, 0.25) is 0 Å². The third-order valence-corrected chi connectivity index (χ3v) is 2.86. The molecule has 0 N–H and O–H groups in total. The Hall–Kier alpha value is -0.860. The quantitative estimate of drug-likeness (QED) is 0.607. The van der Waals surface area contributed by atoms with Gasteiger partial charge in [-0.3, -0.25) is 4.79 Å². The van der Waals surface area contributed by atoms with Crippen LogP contribution < -0.4 is 0 Å². The summed E-state index contributed by atoms with van der Waals surface area (Å²) in [4.78, 5) is 11.5. The van der Waals surface area contributed by atoms with Gasteiger partial charge in [0.1, 0.15) is 0 Å². The van der Waals surface area contributed by atoms with Crippen molar-refractivity contribution in [2.75, 3.05) is 0 Å². The number of carbonyl (C=O) groups is 1. The zero-order chi connectivity index (χ0) is 9.26. The van der Waals surface area contributed by atoms with Gasteiger partial charge in [-0.1, -0.05) is 19.3 Å². The van der Waals surface area contributed by atoms with Crippen LogP contribution in [0.15, 0.2) is 5.10 Å². The molecule has 1 amide bonds. The Bertz CT molecular complexity index is 241. The van der Waals surface area contributed by atoms with E-state index in [4.69, 9.17) is 0 Å². The average molecular weight is 180 g/mol. The molecule has 0 atom stereocenters. The lowest BCUT2D eigenvalue weighted by Gasteiger charge is -2.27. The van der Waals surface area contributed by atoms with Gasteiger partial charge in [0.2, 0.25) is 5.91 Å². The summed E-state index contributed by atoms with van der Waals surface area (Å²) >= 11 is 0. The van der Waals surface area contributed by atoms with Gasteiger partial charge in [0.05, 0.1) is 12.5 Å². The summed E-state index contributed by atoms with van der Waals surface area (Å²) in [5, 5.41) is 6.02. The van der Waals surface area contributed by atoms with E-state index in [-0.39, 0.29) is 5.91 Å². The van der Waals surface area contributed by atoms with Crippen LogP contribution in [0.3, 0.4) is 0 Å². The Balaban J connectivity index is 2.02. The summed E-state index contributed by atoms with van der Waals surface area (Å²) in [5.41, 5.74) is 0.968. The van der Waals surface area contributed by atoms with Crippen molar-refractivity contribution in [2.45, 2.75) is 51.5 Å². The van der Waals surface area contributed by atoms with Crippen molar-refractivity contribution >= 4 is 11.6 Å². The van der Waals surface area contributed by atoms with Crippen molar-refractivity contribution in [3.05, 3.63) is 0 Å². The van der Waals surface area contributed by atoms with Crippen molar-refractivity contribution in [2.24, 2.45) is 5.10 Å². The molecule has 1 fully saturated rings. The molecule has 1 saturated carbocycles. The first-order valence-corrected chi connectivity index (χ1v) is 5.13. The van der Waals surface area contributed by atoms with Crippen LogP contribution in [-0.4, -0.2) is 22.7 Å². The zero-order valence-electron chi connectivity index (χ0n) is 8.12. The molecule has 2 aliphatic rings. The second-order valence-electron chi connectivity index (χ2n) is 4.04. The molecule has 1 aliphatic heterocycles. The van der Waals surface area contributed by atoms with Crippen molar-refractivity contribution in [3.63, 3.8) is 0 Å². The van der Waals surface area contributed by atoms with Crippen LogP contribution in [0, 0.1) is 0 Å². The Morgan fingerprint density at radius 2 is 2.00 bits per heavy atom. The summed E-state index contributed by atoms with van der Waals surface area (Å²) in [5.74, 6) is 0.199. The number of nitrogens with zero attached hydrogens (tertiary/aromatic N) is 2. The van der Waals surface area contributed by atoms with Gasteiger partial charge in [-0.2, -0.15) is 5.10 Å². The maximum absolute atomic E-state index is 11.5. The van der Waals surface area contributed by atoms with Crippen molar-refractivity contribution in [1.29, 1.82) is 0 Å². The molecule has 0 unspecified atom stereocenters. The molecule has 0 radical (unpaired) electrons. The molecule has 0 saturated heterocycles. The Morgan fingerprint density at radius 1 is 1.31 bits per heavy atom. The van der Waals surface area contributed by atoms with Crippen molar-refractivity contribution < 1.29 is 4.79 Å². The number of hydrogen-bond acceptors (Lipinski definition) is 2. The fourth-order valence-electron chi connectivity index (χ4n) is 2.19. The number of rotatable bonds is 1. The number of carbonyl (C=O) groups excluding carboxylic acids is 1. The molecule has 0 spiro atoms. The lowest BCUT2D eigenvalue weighted by Crippen LogP contribution is -2.34. The van der Waals surface area contributed by atoms with Crippen LogP contribution >= 0.6 is 0 Å². The topological polar surface area (TPSA) is 32.7 Å². The normalized spacial score (nSPS) is 25.2. The maximum atomic E-state index is 11.5. The molecule has 1 aliphatic carbocycles. The molecule has 3 heteroatoms. The molecule has 0 aromatic carbocycles. The van der Waals surface area contributed by atoms with E-state index >= 15 is 0 Å². The predicted molar refractivity (Wildman–Crippen MR) is 51.4 cm³/mol. The van der Waals surface area contributed by atoms with Gasteiger partial charge in [-0.05, 0) is 19.8 Å².